The topological polar surface area (TPSA) is 46.2 Å². The van der Waals surface area contributed by atoms with Gasteiger partial charge in [0.15, 0.2) is 0 Å². The van der Waals surface area contributed by atoms with Crippen molar-refractivity contribution in [2.24, 2.45) is 0 Å². The molecule has 2 aromatic carbocycles. The van der Waals surface area contributed by atoms with Crippen LogP contribution < -0.4 is 4.72 Å². The standard InChI is InChI=1S/C18H22BrNO2S/c1-2-3-4-5-7-15-10-12-18(13-11-15)23(21,22)20-17-9-6-8-16(19)14-17/h6,8-14,20H,2-5,7H2,1H3. The number of hydrogen-bond donors (Lipinski definition) is 1. The Kier molecular flexibility index (Phi) is 6.66. The van der Waals surface area contributed by atoms with Crippen molar-refractivity contribution in [3.8, 4) is 0 Å². The lowest BCUT2D eigenvalue weighted by molar-refractivity contribution is 0.601. The highest BCUT2D eigenvalue weighted by Crippen LogP contribution is 2.20. The van der Waals surface area contributed by atoms with Crippen molar-refractivity contribution in [2.45, 2.75) is 43.9 Å². The summed E-state index contributed by atoms with van der Waals surface area (Å²) in [5.74, 6) is 0. The molecule has 0 radical (unpaired) electrons. The normalized spacial score (nSPS) is 11.4. The first-order valence-corrected chi connectivity index (χ1v) is 10.2. The van der Waals surface area contributed by atoms with Crippen LogP contribution in [0.1, 0.15) is 38.2 Å². The van der Waals surface area contributed by atoms with Gasteiger partial charge in [0, 0.05) is 10.2 Å². The number of anilines is 1. The van der Waals surface area contributed by atoms with Crippen LogP contribution in [0.5, 0.6) is 0 Å². The fraction of sp³-hybridized carbons (Fsp3) is 0.333. The Morgan fingerprint density at radius 1 is 1.00 bits per heavy atom. The number of rotatable bonds is 8. The summed E-state index contributed by atoms with van der Waals surface area (Å²) in [6.07, 6.45) is 5.85. The molecule has 0 aliphatic carbocycles. The van der Waals surface area contributed by atoms with E-state index in [9.17, 15) is 8.42 Å². The van der Waals surface area contributed by atoms with Crippen molar-refractivity contribution < 1.29 is 8.42 Å². The zero-order valence-corrected chi connectivity index (χ0v) is 15.7. The Labute approximate surface area is 147 Å². The predicted octanol–water partition coefficient (Wildman–Crippen LogP) is 5.37. The maximum Gasteiger partial charge on any atom is 0.261 e. The molecule has 1 N–H and O–H groups in total. The molecule has 2 rings (SSSR count). The molecule has 0 heterocycles. The van der Waals surface area contributed by atoms with Crippen molar-refractivity contribution in [1.29, 1.82) is 0 Å². The number of hydrogen-bond acceptors (Lipinski definition) is 2. The van der Waals surface area contributed by atoms with E-state index in [1.807, 2.05) is 18.2 Å². The van der Waals surface area contributed by atoms with Gasteiger partial charge in [-0.2, -0.15) is 0 Å². The van der Waals surface area contributed by atoms with Gasteiger partial charge in [-0.25, -0.2) is 8.42 Å². The van der Waals surface area contributed by atoms with Gasteiger partial charge in [-0.05, 0) is 48.7 Å². The molecule has 23 heavy (non-hydrogen) atoms. The van der Waals surface area contributed by atoms with Crippen LogP contribution in [-0.2, 0) is 16.4 Å². The highest BCUT2D eigenvalue weighted by Gasteiger charge is 2.14. The number of unbranched alkanes of at least 4 members (excludes halogenated alkanes) is 3. The summed E-state index contributed by atoms with van der Waals surface area (Å²) >= 11 is 3.34. The van der Waals surface area contributed by atoms with Gasteiger partial charge >= 0.3 is 0 Å². The molecule has 2 aromatic rings. The molecular formula is C18H22BrNO2S. The largest absolute Gasteiger partial charge is 0.280 e. The lowest BCUT2D eigenvalue weighted by atomic mass is 10.1. The van der Waals surface area contributed by atoms with Gasteiger partial charge in [0.1, 0.15) is 0 Å². The fourth-order valence-corrected chi connectivity index (χ4v) is 3.81. The summed E-state index contributed by atoms with van der Waals surface area (Å²) in [6, 6.07) is 14.3. The van der Waals surface area contributed by atoms with Crippen LogP contribution in [-0.4, -0.2) is 8.42 Å². The average molecular weight is 396 g/mol. The quantitative estimate of drug-likeness (QED) is 0.610. The second-order valence-corrected chi connectivity index (χ2v) is 8.17. The van der Waals surface area contributed by atoms with Crippen LogP contribution in [0.15, 0.2) is 57.9 Å². The molecule has 0 aliphatic rings. The molecule has 0 bridgehead atoms. The summed E-state index contributed by atoms with van der Waals surface area (Å²) in [5.41, 5.74) is 1.73. The van der Waals surface area contributed by atoms with E-state index in [1.165, 1.54) is 24.8 Å². The Morgan fingerprint density at radius 3 is 2.39 bits per heavy atom. The molecule has 124 valence electrons. The van der Waals surface area contributed by atoms with E-state index in [4.69, 9.17) is 0 Å². The maximum atomic E-state index is 12.4. The van der Waals surface area contributed by atoms with E-state index in [-0.39, 0.29) is 4.90 Å². The minimum Gasteiger partial charge on any atom is -0.280 e. The summed E-state index contributed by atoms with van der Waals surface area (Å²) in [6.45, 7) is 2.19. The lowest BCUT2D eigenvalue weighted by Gasteiger charge is -2.09. The summed E-state index contributed by atoms with van der Waals surface area (Å²) in [7, 11) is -3.55. The minimum atomic E-state index is -3.55. The van der Waals surface area contributed by atoms with Gasteiger partial charge in [0.2, 0.25) is 0 Å². The van der Waals surface area contributed by atoms with Crippen molar-refractivity contribution in [3.63, 3.8) is 0 Å². The first-order valence-electron chi connectivity index (χ1n) is 7.88. The monoisotopic (exact) mass is 395 g/mol. The van der Waals surface area contributed by atoms with E-state index in [2.05, 4.69) is 27.6 Å². The third-order valence-corrected chi connectivity index (χ3v) is 5.52. The fourth-order valence-electron chi connectivity index (χ4n) is 2.36. The third-order valence-electron chi connectivity index (χ3n) is 3.63. The Morgan fingerprint density at radius 2 is 1.74 bits per heavy atom. The van der Waals surface area contributed by atoms with Gasteiger partial charge in [0.05, 0.1) is 4.90 Å². The first kappa shape index (κ1) is 18.0. The van der Waals surface area contributed by atoms with Crippen molar-refractivity contribution in [2.75, 3.05) is 4.72 Å². The molecule has 5 heteroatoms. The van der Waals surface area contributed by atoms with Crippen molar-refractivity contribution in [1.82, 2.24) is 0 Å². The molecule has 0 amide bonds. The van der Waals surface area contributed by atoms with Crippen LogP contribution in [0.3, 0.4) is 0 Å². The molecule has 0 saturated carbocycles. The van der Waals surface area contributed by atoms with Crippen molar-refractivity contribution in [3.05, 3.63) is 58.6 Å². The molecule has 0 fully saturated rings. The van der Waals surface area contributed by atoms with E-state index in [0.717, 1.165) is 17.3 Å². The summed E-state index contributed by atoms with van der Waals surface area (Å²) < 4.78 is 28.2. The smallest absolute Gasteiger partial charge is 0.261 e. The number of benzene rings is 2. The van der Waals surface area contributed by atoms with Crippen LogP contribution >= 0.6 is 15.9 Å². The van der Waals surface area contributed by atoms with E-state index in [0.29, 0.717) is 5.69 Å². The van der Waals surface area contributed by atoms with Crippen LogP contribution in [0.4, 0.5) is 5.69 Å². The molecule has 0 aromatic heterocycles. The van der Waals surface area contributed by atoms with Gasteiger partial charge in [-0.3, -0.25) is 4.72 Å². The molecule has 0 saturated heterocycles. The highest BCUT2D eigenvalue weighted by atomic mass is 79.9. The SMILES string of the molecule is CCCCCCc1ccc(S(=O)(=O)Nc2cccc(Br)c2)cc1. The summed E-state index contributed by atoms with van der Waals surface area (Å²) in [5, 5.41) is 0. The zero-order chi connectivity index (χ0) is 16.7. The predicted molar refractivity (Wildman–Crippen MR) is 99.2 cm³/mol. The molecule has 0 aliphatic heterocycles. The van der Waals surface area contributed by atoms with E-state index in [1.54, 1.807) is 30.3 Å². The van der Waals surface area contributed by atoms with Gasteiger partial charge in [0.25, 0.3) is 10.0 Å². The van der Waals surface area contributed by atoms with Gasteiger partial charge in [-0.1, -0.05) is 60.3 Å². The number of halogens is 1. The van der Waals surface area contributed by atoms with E-state index < -0.39 is 10.0 Å². The van der Waals surface area contributed by atoms with Crippen LogP contribution in [0.2, 0.25) is 0 Å². The minimum absolute atomic E-state index is 0.287. The Bertz CT molecular complexity index is 727. The Balaban J connectivity index is 2.02. The third kappa shape index (κ3) is 5.66. The number of nitrogens with one attached hydrogen (secondary N) is 1. The lowest BCUT2D eigenvalue weighted by Crippen LogP contribution is -2.12. The first-order chi connectivity index (χ1) is 11.0. The maximum absolute atomic E-state index is 12.4. The molecule has 0 unspecified atom stereocenters. The molecule has 3 nitrogen and oxygen atoms in total. The highest BCUT2D eigenvalue weighted by molar-refractivity contribution is 9.10. The average Bonchev–Trinajstić information content (AvgIpc) is 2.52. The van der Waals surface area contributed by atoms with Crippen molar-refractivity contribution >= 4 is 31.6 Å². The molecular weight excluding hydrogens is 374 g/mol. The van der Waals surface area contributed by atoms with Gasteiger partial charge < -0.3 is 0 Å². The second-order valence-electron chi connectivity index (χ2n) is 5.57. The number of aryl methyl sites for hydroxylation is 1. The van der Waals surface area contributed by atoms with E-state index >= 15 is 0 Å². The Hall–Kier alpha value is -1.33. The second kappa shape index (κ2) is 8.50. The molecule has 0 atom stereocenters. The van der Waals surface area contributed by atoms with Gasteiger partial charge in [-0.15, -0.1) is 0 Å². The molecule has 0 spiro atoms. The number of sulfonamides is 1. The van der Waals surface area contributed by atoms with Crippen LogP contribution in [0, 0.1) is 0 Å². The summed E-state index contributed by atoms with van der Waals surface area (Å²) in [4.78, 5) is 0.287. The van der Waals surface area contributed by atoms with Crippen LogP contribution in [0.25, 0.3) is 0 Å². The zero-order valence-electron chi connectivity index (χ0n) is 13.3.